The molecule has 2 nitrogen and oxygen atoms in total. The van der Waals surface area contributed by atoms with Crippen molar-refractivity contribution in [2.45, 2.75) is 38.0 Å². The van der Waals surface area contributed by atoms with E-state index in [4.69, 9.17) is 4.74 Å². The molecule has 2 fully saturated rings. The SMILES string of the molecule is CC1NCC(C2CC2)OC1c1ccccc1. The second kappa shape index (κ2) is 4.19. The van der Waals surface area contributed by atoms with E-state index in [0.29, 0.717) is 12.1 Å². The molecule has 1 heterocycles. The average Bonchev–Trinajstić information content (AvgIpc) is 3.15. The molecule has 0 spiro atoms. The maximum absolute atomic E-state index is 6.25. The standard InChI is InChI=1S/C14H19NO/c1-10-14(12-5-3-2-4-6-12)16-13(9-15-10)11-7-8-11/h2-6,10-11,13-15H,7-9H2,1H3. The van der Waals surface area contributed by atoms with E-state index >= 15 is 0 Å². The number of rotatable bonds is 2. The van der Waals surface area contributed by atoms with Crippen molar-refractivity contribution in [3.05, 3.63) is 35.9 Å². The van der Waals surface area contributed by atoms with E-state index in [-0.39, 0.29) is 6.10 Å². The van der Waals surface area contributed by atoms with E-state index < -0.39 is 0 Å². The zero-order chi connectivity index (χ0) is 11.0. The lowest BCUT2D eigenvalue weighted by Crippen LogP contribution is -2.47. The lowest BCUT2D eigenvalue weighted by Gasteiger charge is -2.36. The predicted molar refractivity (Wildman–Crippen MR) is 64.2 cm³/mol. The third-order valence-electron chi connectivity index (χ3n) is 3.69. The summed E-state index contributed by atoms with van der Waals surface area (Å²) in [5.74, 6) is 0.811. The fraction of sp³-hybridized carbons (Fsp3) is 0.571. The van der Waals surface area contributed by atoms with Gasteiger partial charge in [0.2, 0.25) is 0 Å². The van der Waals surface area contributed by atoms with E-state index in [1.165, 1.54) is 18.4 Å². The molecule has 3 rings (SSSR count). The van der Waals surface area contributed by atoms with Gasteiger partial charge in [0.15, 0.2) is 0 Å². The van der Waals surface area contributed by atoms with Gasteiger partial charge >= 0.3 is 0 Å². The molecule has 3 unspecified atom stereocenters. The number of benzene rings is 1. The molecular weight excluding hydrogens is 198 g/mol. The lowest BCUT2D eigenvalue weighted by atomic mass is 10.00. The first-order valence-electron chi connectivity index (χ1n) is 6.28. The molecule has 1 aromatic carbocycles. The first kappa shape index (κ1) is 10.3. The minimum Gasteiger partial charge on any atom is -0.367 e. The third-order valence-corrected chi connectivity index (χ3v) is 3.69. The minimum absolute atomic E-state index is 0.223. The Balaban J connectivity index is 1.76. The molecule has 0 amide bonds. The predicted octanol–water partition coefficient (Wildman–Crippen LogP) is 2.51. The van der Waals surface area contributed by atoms with Crippen molar-refractivity contribution in [1.82, 2.24) is 5.32 Å². The van der Waals surface area contributed by atoms with Gasteiger partial charge in [-0.3, -0.25) is 0 Å². The molecular formula is C14H19NO. The number of ether oxygens (including phenoxy) is 1. The molecule has 2 heteroatoms. The van der Waals surface area contributed by atoms with Gasteiger partial charge in [-0.15, -0.1) is 0 Å². The van der Waals surface area contributed by atoms with Gasteiger partial charge in [0.1, 0.15) is 0 Å². The van der Waals surface area contributed by atoms with Crippen molar-refractivity contribution >= 4 is 0 Å². The van der Waals surface area contributed by atoms with Crippen LogP contribution in [0.15, 0.2) is 30.3 Å². The van der Waals surface area contributed by atoms with E-state index in [9.17, 15) is 0 Å². The summed E-state index contributed by atoms with van der Waals surface area (Å²) in [5, 5.41) is 3.58. The van der Waals surface area contributed by atoms with Crippen molar-refractivity contribution < 1.29 is 4.74 Å². The fourth-order valence-electron chi connectivity index (χ4n) is 2.52. The summed E-state index contributed by atoms with van der Waals surface area (Å²) < 4.78 is 6.25. The van der Waals surface area contributed by atoms with Crippen LogP contribution in [0.3, 0.4) is 0 Å². The van der Waals surface area contributed by atoms with Crippen molar-refractivity contribution in [1.29, 1.82) is 0 Å². The number of nitrogens with one attached hydrogen (secondary N) is 1. The van der Waals surface area contributed by atoms with E-state index in [1.807, 2.05) is 0 Å². The van der Waals surface area contributed by atoms with Gasteiger partial charge in [-0.1, -0.05) is 30.3 Å². The molecule has 1 aliphatic heterocycles. The van der Waals surface area contributed by atoms with Crippen LogP contribution in [-0.4, -0.2) is 18.7 Å². The maximum atomic E-state index is 6.25. The first-order valence-corrected chi connectivity index (χ1v) is 6.28. The van der Waals surface area contributed by atoms with Gasteiger partial charge < -0.3 is 10.1 Å². The normalized spacial score (nSPS) is 34.9. The summed E-state index contributed by atoms with van der Waals surface area (Å²) >= 11 is 0. The second-order valence-corrected chi connectivity index (χ2v) is 5.04. The largest absolute Gasteiger partial charge is 0.367 e. The number of hydrogen-bond acceptors (Lipinski definition) is 2. The summed E-state index contributed by atoms with van der Waals surface area (Å²) in [4.78, 5) is 0. The molecule has 2 aliphatic rings. The number of morpholine rings is 1. The quantitative estimate of drug-likeness (QED) is 0.822. The van der Waals surface area contributed by atoms with E-state index in [1.54, 1.807) is 0 Å². The van der Waals surface area contributed by atoms with E-state index in [0.717, 1.165) is 12.5 Å². The Labute approximate surface area is 97.0 Å². The van der Waals surface area contributed by atoms with Crippen LogP contribution in [0, 0.1) is 5.92 Å². The van der Waals surface area contributed by atoms with Crippen LogP contribution in [0.2, 0.25) is 0 Å². The Morgan fingerprint density at radius 2 is 1.94 bits per heavy atom. The van der Waals surface area contributed by atoms with Crippen LogP contribution < -0.4 is 5.32 Å². The molecule has 0 radical (unpaired) electrons. The monoisotopic (exact) mass is 217 g/mol. The van der Waals surface area contributed by atoms with Crippen LogP contribution in [0.1, 0.15) is 31.4 Å². The molecule has 1 saturated carbocycles. The summed E-state index contributed by atoms with van der Waals surface area (Å²) in [5.41, 5.74) is 1.30. The highest BCUT2D eigenvalue weighted by Gasteiger charge is 2.38. The maximum Gasteiger partial charge on any atom is 0.0979 e. The fourth-order valence-corrected chi connectivity index (χ4v) is 2.52. The summed E-state index contributed by atoms with van der Waals surface area (Å²) in [7, 11) is 0. The number of hydrogen-bond donors (Lipinski definition) is 1. The molecule has 1 aromatic rings. The van der Waals surface area contributed by atoms with Crippen molar-refractivity contribution in [3.8, 4) is 0 Å². The highest BCUT2D eigenvalue weighted by atomic mass is 16.5. The van der Waals surface area contributed by atoms with Crippen molar-refractivity contribution in [2.24, 2.45) is 5.92 Å². The zero-order valence-corrected chi connectivity index (χ0v) is 9.73. The second-order valence-electron chi connectivity index (χ2n) is 5.04. The van der Waals surface area contributed by atoms with Crippen LogP contribution in [0.5, 0.6) is 0 Å². The van der Waals surface area contributed by atoms with Gasteiger partial charge in [-0.2, -0.15) is 0 Å². The van der Waals surface area contributed by atoms with Gasteiger partial charge in [0, 0.05) is 12.6 Å². The minimum atomic E-state index is 0.223. The topological polar surface area (TPSA) is 21.3 Å². The Morgan fingerprint density at radius 1 is 1.19 bits per heavy atom. The molecule has 1 saturated heterocycles. The zero-order valence-electron chi connectivity index (χ0n) is 9.73. The van der Waals surface area contributed by atoms with Crippen LogP contribution in [0.25, 0.3) is 0 Å². The Morgan fingerprint density at radius 3 is 2.62 bits per heavy atom. The van der Waals surface area contributed by atoms with Gasteiger partial charge in [0.25, 0.3) is 0 Å². The summed E-state index contributed by atoms with van der Waals surface area (Å²) in [6.45, 7) is 3.23. The van der Waals surface area contributed by atoms with Crippen LogP contribution >= 0.6 is 0 Å². The smallest absolute Gasteiger partial charge is 0.0979 e. The highest BCUT2D eigenvalue weighted by Crippen LogP contribution is 2.38. The van der Waals surface area contributed by atoms with Gasteiger partial charge in [-0.05, 0) is 31.2 Å². The van der Waals surface area contributed by atoms with Crippen molar-refractivity contribution in [2.75, 3.05) is 6.54 Å². The summed E-state index contributed by atoms with van der Waals surface area (Å²) in [6, 6.07) is 11.0. The van der Waals surface area contributed by atoms with E-state index in [2.05, 4.69) is 42.6 Å². The Hall–Kier alpha value is -0.860. The molecule has 1 N–H and O–H groups in total. The molecule has 16 heavy (non-hydrogen) atoms. The average molecular weight is 217 g/mol. The molecule has 0 aromatic heterocycles. The Bertz CT molecular complexity index is 347. The first-order chi connectivity index (χ1) is 7.84. The molecule has 86 valence electrons. The van der Waals surface area contributed by atoms with Gasteiger partial charge in [-0.25, -0.2) is 0 Å². The van der Waals surface area contributed by atoms with Crippen LogP contribution in [0.4, 0.5) is 0 Å². The van der Waals surface area contributed by atoms with Gasteiger partial charge in [0.05, 0.1) is 12.2 Å². The van der Waals surface area contributed by atoms with Crippen LogP contribution in [-0.2, 0) is 4.74 Å². The molecule has 3 atom stereocenters. The molecule has 0 bridgehead atoms. The highest BCUT2D eigenvalue weighted by molar-refractivity contribution is 5.19. The Kier molecular flexibility index (Phi) is 2.70. The third kappa shape index (κ3) is 2.00. The lowest BCUT2D eigenvalue weighted by molar-refractivity contribution is -0.0707. The van der Waals surface area contributed by atoms with Crippen molar-refractivity contribution in [3.63, 3.8) is 0 Å². The summed E-state index contributed by atoms with van der Waals surface area (Å²) in [6.07, 6.45) is 3.35. The molecule has 1 aliphatic carbocycles.